The van der Waals surface area contributed by atoms with Gasteiger partial charge < -0.3 is 5.11 Å². The molecular weight excluding hydrogens is 201 g/mol. The van der Waals surface area contributed by atoms with E-state index in [2.05, 4.69) is 4.18 Å². The minimum Gasteiger partial charge on any atom is -0.393 e. The number of rotatable bonds is 4. The smallest absolute Gasteiger partial charge is 0.393 e. The fourth-order valence-electron chi connectivity index (χ4n) is 0.374. The molecule has 8 heteroatoms. The van der Waals surface area contributed by atoms with Crippen LogP contribution in [0.3, 0.4) is 0 Å². The van der Waals surface area contributed by atoms with E-state index < -0.39 is 28.2 Å². The summed E-state index contributed by atoms with van der Waals surface area (Å²) < 4.78 is 60.8. The van der Waals surface area contributed by atoms with Crippen molar-refractivity contribution in [3.8, 4) is 0 Å². The highest BCUT2D eigenvalue weighted by molar-refractivity contribution is 7.87. The Kier molecular flexibility index (Phi) is 3.48. The van der Waals surface area contributed by atoms with Gasteiger partial charge in [0.2, 0.25) is 6.17 Å². The highest BCUT2D eigenvalue weighted by Gasteiger charge is 2.53. The van der Waals surface area contributed by atoms with Gasteiger partial charge in [-0.15, -0.1) is 0 Å². The molecule has 0 amide bonds. The molecular formula is C4H7F3O4S. The molecule has 0 aromatic heterocycles. The fraction of sp³-hybridized carbons (Fsp3) is 1.00. The quantitative estimate of drug-likeness (QED) is 0.654. The molecule has 1 atom stereocenters. The lowest BCUT2D eigenvalue weighted by Crippen LogP contribution is -2.41. The van der Waals surface area contributed by atoms with E-state index in [0.717, 1.165) is 0 Å². The zero-order valence-electron chi connectivity index (χ0n) is 6.00. The second-order valence-corrected chi connectivity index (χ2v) is 3.62. The van der Waals surface area contributed by atoms with E-state index in [1.165, 1.54) is 0 Å². The second-order valence-electron chi connectivity index (χ2n) is 1.83. The molecule has 0 fully saturated rings. The van der Waals surface area contributed by atoms with E-state index in [9.17, 15) is 21.6 Å². The summed E-state index contributed by atoms with van der Waals surface area (Å²) in [5.74, 6) is 0. The van der Waals surface area contributed by atoms with E-state index in [1.807, 2.05) is 0 Å². The van der Waals surface area contributed by atoms with Crippen molar-refractivity contribution in [2.75, 3.05) is 13.7 Å². The van der Waals surface area contributed by atoms with Crippen molar-refractivity contribution < 1.29 is 30.9 Å². The van der Waals surface area contributed by atoms with Gasteiger partial charge in [0.25, 0.3) is 0 Å². The molecule has 74 valence electrons. The molecule has 4 nitrogen and oxygen atoms in total. The second kappa shape index (κ2) is 3.58. The van der Waals surface area contributed by atoms with Crippen molar-refractivity contribution in [1.82, 2.24) is 0 Å². The van der Waals surface area contributed by atoms with Gasteiger partial charge in [-0.1, -0.05) is 0 Å². The van der Waals surface area contributed by atoms with Gasteiger partial charge in [-0.05, 0) is 0 Å². The van der Waals surface area contributed by atoms with Crippen molar-refractivity contribution in [2.24, 2.45) is 0 Å². The van der Waals surface area contributed by atoms with Crippen LogP contribution >= 0.6 is 0 Å². The molecule has 0 aliphatic rings. The summed E-state index contributed by atoms with van der Waals surface area (Å²) in [5, 5.41) is 3.24. The van der Waals surface area contributed by atoms with E-state index in [-0.39, 0.29) is 0 Å². The molecule has 0 aliphatic carbocycles. The van der Waals surface area contributed by atoms with Crippen molar-refractivity contribution >= 4 is 10.1 Å². The maximum Gasteiger partial charge on any atom is 0.402 e. The van der Waals surface area contributed by atoms with Gasteiger partial charge in [0.1, 0.15) is 0 Å². The summed E-state index contributed by atoms with van der Waals surface area (Å²) in [4.78, 5) is 0. The first-order valence-electron chi connectivity index (χ1n) is 2.72. The minimum atomic E-state index is -5.28. The zero-order valence-corrected chi connectivity index (χ0v) is 6.82. The van der Waals surface area contributed by atoms with Crippen LogP contribution in [-0.2, 0) is 14.3 Å². The Labute approximate surface area is 67.1 Å². The third kappa shape index (κ3) is 1.87. The largest absolute Gasteiger partial charge is 0.402 e. The summed E-state index contributed by atoms with van der Waals surface area (Å²) in [6, 6.07) is 0. The highest BCUT2D eigenvalue weighted by Crippen LogP contribution is 2.28. The number of halogens is 3. The lowest BCUT2D eigenvalue weighted by Gasteiger charge is -2.17. The molecule has 0 saturated carbocycles. The molecule has 0 bridgehead atoms. The Bertz CT molecular complexity index is 237. The average molecular weight is 208 g/mol. The van der Waals surface area contributed by atoms with Gasteiger partial charge in [-0.25, -0.2) is 4.39 Å². The Hall–Kier alpha value is -0.340. The van der Waals surface area contributed by atoms with E-state index in [4.69, 9.17) is 5.11 Å². The molecule has 0 rings (SSSR count). The molecule has 0 radical (unpaired) electrons. The predicted molar refractivity (Wildman–Crippen MR) is 32.9 cm³/mol. The van der Waals surface area contributed by atoms with Crippen LogP contribution in [0.4, 0.5) is 13.2 Å². The first-order valence-corrected chi connectivity index (χ1v) is 4.13. The fourth-order valence-corrected chi connectivity index (χ4v) is 0.984. The van der Waals surface area contributed by atoms with E-state index >= 15 is 0 Å². The minimum absolute atomic E-state index is 0.480. The number of aliphatic hydroxyl groups excluding tert-OH is 1. The van der Waals surface area contributed by atoms with E-state index in [0.29, 0.717) is 7.11 Å². The van der Waals surface area contributed by atoms with Crippen LogP contribution < -0.4 is 0 Å². The van der Waals surface area contributed by atoms with Crippen LogP contribution in [0.15, 0.2) is 0 Å². The lowest BCUT2D eigenvalue weighted by molar-refractivity contribution is -0.0281. The summed E-state index contributed by atoms with van der Waals surface area (Å²) >= 11 is 0. The topological polar surface area (TPSA) is 63.6 Å². The van der Waals surface area contributed by atoms with Crippen LogP contribution in [0.1, 0.15) is 0 Å². The normalized spacial score (nSPS) is 16.1. The molecule has 0 aromatic rings. The van der Waals surface area contributed by atoms with Crippen molar-refractivity contribution in [3.05, 3.63) is 0 Å². The van der Waals surface area contributed by atoms with Gasteiger partial charge in [0.05, 0.1) is 13.7 Å². The first kappa shape index (κ1) is 11.7. The molecule has 1 N–H and O–H groups in total. The van der Waals surface area contributed by atoms with Crippen LogP contribution in [-0.4, -0.2) is 38.7 Å². The summed E-state index contributed by atoms with van der Waals surface area (Å²) in [6.07, 6.45) is -3.18. The van der Waals surface area contributed by atoms with Crippen LogP contribution in [0.25, 0.3) is 0 Å². The molecule has 12 heavy (non-hydrogen) atoms. The standard InChI is InChI=1S/C4H7F3O4S/c1-11-12(9,10)4(6,7)3(5)2-8/h3,8H,2H2,1H3. The number of alkyl halides is 3. The maximum atomic E-state index is 12.3. The van der Waals surface area contributed by atoms with E-state index in [1.54, 1.807) is 0 Å². The Balaban J connectivity index is 4.85. The molecule has 0 aromatic carbocycles. The lowest BCUT2D eigenvalue weighted by atomic mass is 10.4. The predicted octanol–water partition coefficient (Wildman–Crippen LogP) is -0.114. The Morgan fingerprint density at radius 1 is 1.58 bits per heavy atom. The summed E-state index contributed by atoms with van der Waals surface area (Å²) in [6.45, 7) is -1.59. The first-order chi connectivity index (χ1) is 5.29. The summed E-state index contributed by atoms with van der Waals surface area (Å²) in [5.41, 5.74) is 0. The Morgan fingerprint density at radius 2 is 2.00 bits per heavy atom. The highest BCUT2D eigenvalue weighted by atomic mass is 32.2. The van der Waals surface area contributed by atoms with Crippen LogP contribution in [0.2, 0.25) is 0 Å². The van der Waals surface area contributed by atoms with Crippen LogP contribution in [0, 0.1) is 0 Å². The monoisotopic (exact) mass is 208 g/mol. The number of aliphatic hydroxyl groups is 1. The van der Waals surface area contributed by atoms with Crippen molar-refractivity contribution in [2.45, 2.75) is 11.4 Å². The van der Waals surface area contributed by atoms with Gasteiger partial charge in [-0.2, -0.15) is 17.2 Å². The van der Waals surface area contributed by atoms with Gasteiger partial charge in [0.15, 0.2) is 0 Å². The van der Waals surface area contributed by atoms with Crippen molar-refractivity contribution in [1.29, 1.82) is 0 Å². The molecule has 0 aliphatic heterocycles. The van der Waals surface area contributed by atoms with Gasteiger partial charge in [0, 0.05) is 0 Å². The SMILES string of the molecule is COS(=O)(=O)C(F)(F)C(F)CO. The maximum absolute atomic E-state index is 12.3. The number of hydrogen-bond acceptors (Lipinski definition) is 4. The third-order valence-electron chi connectivity index (χ3n) is 1.08. The van der Waals surface area contributed by atoms with Crippen molar-refractivity contribution in [3.63, 3.8) is 0 Å². The molecule has 1 unspecified atom stereocenters. The molecule has 0 heterocycles. The van der Waals surface area contributed by atoms with Gasteiger partial charge >= 0.3 is 15.4 Å². The molecule has 0 spiro atoms. The molecule has 0 saturated heterocycles. The average Bonchev–Trinajstić information content (AvgIpc) is 2.02. The zero-order chi connectivity index (χ0) is 9.99. The van der Waals surface area contributed by atoms with Crippen LogP contribution in [0.5, 0.6) is 0 Å². The Morgan fingerprint density at radius 3 is 2.25 bits per heavy atom. The third-order valence-corrected chi connectivity index (χ3v) is 2.44. The number of hydrogen-bond donors (Lipinski definition) is 1. The van der Waals surface area contributed by atoms with Gasteiger partial charge in [-0.3, -0.25) is 4.18 Å². The summed E-state index contributed by atoms with van der Waals surface area (Å²) in [7, 11) is -4.80.